The average Bonchev–Trinajstić information content (AvgIpc) is 3.10. The number of carbonyl (C=O) groups excluding carboxylic acids is 1. The summed E-state index contributed by atoms with van der Waals surface area (Å²) in [6.07, 6.45) is 0. The van der Waals surface area contributed by atoms with Crippen LogP contribution >= 0.6 is 22.9 Å². The van der Waals surface area contributed by atoms with Crippen LogP contribution in [0.3, 0.4) is 0 Å². The highest BCUT2D eigenvalue weighted by Gasteiger charge is 2.23. The van der Waals surface area contributed by atoms with Crippen molar-refractivity contribution in [1.82, 2.24) is 4.98 Å². The second-order valence-electron chi connectivity index (χ2n) is 5.97. The lowest BCUT2D eigenvalue weighted by Crippen LogP contribution is -2.30. The van der Waals surface area contributed by atoms with Gasteiger partial charge in [-0.3, -0.25) is 9.69 Å². The molecule has 1 heterocycles. The van der Waals surface area contributed by atoms with E-state index in [0.29, 0.717) is 11.7 Å². The van der Waals surface area contributed by atoms with Crippen molar-refractivity contribution in [3.63, 3.8) is 0 Å². The van der Waals surface area contributed by atoms with Gasteiger partial charge in [0.15, 0.2) is 5.13 Å². The van der Waals surface area contributed by atoms with Crippen LogP contribution in [-0.4, -0.2) is 10.9 Å². The maximum atomic E-state index is 13.4. The minimum Gasteiger partial charge on any atom is -0.279 e. The van der Waals surface area contributed by atoms with Gasteiger partial charge < -0.3 is 0 Å². The SMILES string of the molecule is O=C(c1ccc(F)cc1Cl)N(Cc1ccccc1)c1nc2ccccc2s1. The molecule has 0 saturated heterocycles. The Kier molecular flexibility index (Phi) is 4.88. The highest BCUT2D eigenvalue weighted by Crippen LogP contribution is 2.31. The van der Waals surface area contributed by atoms with Crippen molar-refractivity contribution in [3.8, 4) is 0 Å². The minimum atomic E-state index is -0.480. The highest BCUT2D eigenvalue weighted by atomic mass is 35.5. The van der Waals surface area contributed by atoms with Crippen molar-refractivity contribution in [2.45, 2.75) is 6.54 Å². The molecular weight excluding hydrogens is 383 g/mol. The molecule has 1 aromatic heterocycles. The number of aromatic nitrogens is 1. The van der Waals surface area contributed by atoms with Gasteiger partial charge >= 0.3 is 0 Å². The Balaban J connectivity index is 1.78. The van der Waals surface area contributed by atoms with Gasteiger partial charge in [0.05, 0.1) is 27.3 Å². The maximum absolute atomic E-state index is 13.4. The third-order valence-corrected chi connectivity index (χ3v) is 5.48. The number of nitrogens with zero attached hydrogens (tertiary/aromatic N) is 2. The first kappa shape index (κ1) is 17.6. The largest absolute Gasteiger partial charge is 0.279 e. The van der Waals surface area contributed by atoms with Gasteiger partial charge in [-0.05, 0) is 35.9 Å². The normalized spacial score (nSPS) is 10.9. The van der Waals surface area contributed by atoms with Gasteiger partial charge in [-0.25, -0.2) is 9.37 Å². The third kappa shape index (κ3) is 3.70. The molecule has 0 saturated carbocycles. The summed E-state index contributed by atoms with van der Waals surface area (Å²) < 4.78 is 14.4. The first-order valence-electron chi connectivity index (χ1n) is 8.28. The Morgan fingerprint density at radius 3 is 2.52 bits per heavy atom. The first-order chi connectivity index (χ1) is 13.1. The molecule has 4 rings (SSSR count). The van der Waals surface area contributed by atoms with E-state index in [9.17, 15) is 9.18 Å². The van der Waals surface area contributed by atoms with E-state index in [1.54, 1.807) is 4.90 Å². The lowest BCUT2D eigenvalue weighted by atomic mass is 10.1. The molecule has 27 heavy (non-hydrogen) atoms. The summed E-state index contributed by atoms with van der Waals surface area (Å²) >= 11 is 7.57. The van der Waals surface area contributed by atoms with Crippen LogP contribution in [0.5, 0.6) is 0 Å². The van der Waals surface area contributed by atoms with Gasteiger partial charge in [0.1, 0.15) is 5.82 Å². The molecule has 4 aromatic rings. The van der Waals surface area contributed by atoms with Crippen LogP contribution in [0.25, 0.3) is 10.2 Å². The van der Waals surface area contributed by atoms with Gasteiger partial charge in [0.2, 0.25) is 0 Å². The van der Waals surface area contributed by atoms with Crippen LogP contribution in [-0.2, 0) is 6.54 Å². The Hall–Kier alpha value is -2.76. The molecule has 0 aliphatic heterocycles. The summed E-state index contributed by atoms with van der Waals surface area (Å²) in [5, 5.41) is 0.657. The number of amides is 1. The summed E-state index contributed by atoms with van der Waals surface area (Å²) in [6.45, 7) is 0.340. The summed E-state index contributed by atoms with van der Waals surface area (Å²) in [6, 6.07) is 21.2. The van der Waals surface area contributed by atoms with Crippen molar-refractivity contribution in [1.29, 1.82) is 0 Å². The second kappa shape index (κ2) is 7.47. The van der Waals surface area contributed by atoms with Crippen LogP contribution in [0.15, 0.2) is 72.8 Å². The van der Waals surface area contributed by atoms with Gasteiger partial charge in [0, 0.05) is 0 Å². The third-order valence-electron chi connectivity index (χ3n) is 4.10. The van der Waals surface area contributed by atoms with E-state index in [0.717, 1.165) is 21.8 Å². The second-order valence-corrected chi connectivity index (χ2v) is 7.38. The van der Waals surface area contributed by atoms with Crippen molar-refractivity contribution in [2.24, 2.45) is 0 Å². The molecular formula is C21H14ClFN2OS. The lowest BCUT2D eigenvalue weighted by molar-refractivity contribution is 0.0985. The van der Waals surface area contributed by atoms with Gasteiger partial charge in [-0.2, -0.15) is 0 Å². The number of halogens is 2. The van der Waals surface area contributed by atoms with Crippen molar-refractivity contribution in [2.75, 3.05) is 4.90 Å². The van der Waals surface area contributed by atoms with Crippen LogP contribution < -0.4 is 4.90 Å². The number of para-hydroxylation sites is 1. The predicted octanol–water partition coefficient (Wildman–Crippen LogP) is 5.94. The molecule has 0 unspecified atom stereocenters. The van der Waals surface area contributed by atoms with Crippen LogP contribution in [0, 0.1) is 5.82 Å². The monoisotopic (exact) mass is 396 g/mol. The van der Waals surface area contributed by atoms with E-state index in [-0.39, 0.29) is 16.5 Å². The van der Waals surface area contributed by atoms with Crippen molar-refractivity contribution < 1.29 is 9.18 Å². The number of hydrogen-bond acceptors (Lipinski definition) is 3. The number of anilines is 1. The van der Waals surface area contributed by atoms with Gasteiger partial charge in [0.25, 0.3) is 5.91 Å². The molecule has 0 aliphatic rings. The molecule has 0 spiro atoms. The predicted molar refractivity (Wildman–Crippen MR) is 108 cm³/mol. The molecule has 0 aliphatic carbocycles. The molecule has 0 bridgehead atoms. The summed E-state index contributed by atoms with van der Waals surface area (Å²) in [7, 11) is 0. The number of rotatable bonds is 4. The molecule has 134 valence electrons. The van der Waals surface area contributed by atoms with E-state index >= 15 is 0 Å². The molecule has 0 radical (unpaired) electrons. The fraction of sp³-hybridized carbons (Fsp3) is 0.0476. The maximum Gasteiger partial charge on any atom is 0.261 e. The summed E-state index contributed by atoms with van der Waals surface area (Å²) in [5.41, 5.74) is 2.03. The zero-order valence-corrected chi connectivity index (χ0v) is 15.7. The molecule has 1 amide bonds. The molecule has 3 nitrogen and oxygen atoms in total. The fourth-order valence-corrected chi connectivity index (χ4v) is 3.99. The Bertz CT molecular complexity index is 1080. The molecule has 6 heteroatoms. The molecule has 3 aromatic carbocycles. The van der Waals surface area contributed by atoms with Crippen molar-refractivity contribution >= 4 is 44.2 Å². The Morgan fingerprint density at radius 1 is 1.04 bits per heavy atom. The number of thiazole rings is 1. The Labute approximate surface area is 164 Å². The van der Waals surface area contributed by atoms with Gasteiger partial charge in [-0.1, -0.05) is 65.4 Å². The molecule has 0 N–H and O–H groups in total. The summed E-state index contributed by atoms with van der Waals surface area (Å²) in [5.74, 6) is -0.797. The standard InChI is InChI=1S/C21H14ClFN2OS/c22-17-12-15(23)10-11-16(17)20(26)25(13-14-6-2-1-3-7-14)21-24-18-8-4-5-9-19(18)27-21/h1-12H,13H2. The average molecular weight is 397 g/mol. The fourth-order valence-electron chi connectivity index (χ4n) is 2.78. The van der Waals surface area contributed by atoms with Gasteiger partial charge in [-0.15, -0.1) is 0 Å². The van der Waals surface area contributed by atoms with E-state index < -0.39 is 5.82 Å². The van der Waals surface area contributed by atoms with Crippen LogP contribution in [0.1, 0.15) is 15.9 Å². The number of benzene rings is 3. The quantitative estimate of drug-likeness (QED) is 0.428. The number of fused-ring (bicyclic) bond motifs is 1. The smallest absolute Gasteiger partial charge is 0.261 e. The van der Waals surface area contributed by atoms with E-state index in [4.69, 9.17) is 11.6 Å². The lowest BCUT2D eigenvalue weighted by Gasteiger charge is -2.20. The highest BCUT2D eigenvalue weighted by molar-refractivity contribution is 7.22. The number of hydrogen-bond donors (Lipinski definition) is 0. The van der Waals surface area contributed by atoms with E-state index in [1.807, 2.05) is 54.6 Å². The zero-order valence-electron chi connectivity index (χ0n) is 14.1. The topological polar surface area (TPSA) is 33.2 Å². The van der Waals surface area contributed by atoms with E-state index in [2.05, 4.69) is 4.98 Å². The van der Waals surface area contributed by atoms with Crippen LogP contribution in [0.4, 0.5) is 9.52 Å². The van der Waals surface area contributed by atoms with Crippen molar-refractivity contribution in [3.05, 3.63) is 94.8 Å². The molecule has 0 atom stereocenters. The minimum absolute atomic E-state index is 0.0826. The van der Waals surface area contributed by atoms with Crippen LogP contribution in [0.2, 0.25) is 5.02 Å². The van der Waals surface area contributed by atoms with E-state index in [1.165, 1.54) is 23.5 Å². The summed E-state index contributed by atoms with van der Waals surface area (Å²) in [4.78, 5) is 19.4. The zero-order chi connectivity index (χ0) is 18.8. The molecule has 0 fully saturated rings. The number of carbonyl (C=O) groups is 1. The first-order valence-corrected chi connectivity index (χ1v) is 9.48. The Morgan fingerprint density at radius 2 is 1.78 bits per heavy atom.